The van der Waals surface area contributed by atoms with E-state index in [9.17, 15) is 9.90 Å². The van der Waals surface area contributed by atoms with Crippen molar-refractivity contribution in [1.82, 2.24) is 4.90 Å². The van der Waals surface area contributed by atoms with Gasteiger partial charge in [-0.3, -0.25) is 4.79 Å². The summed E-state index contributed by atoms with van der Waals surface area (Å²) in [7, 11) is 3.30. The van der Waals surface area contributed by atoms with E-state index in [-0.39, 0.29) is 11.9 Å². The van der Waals surface area contributed by atoms with Gasteiger partial charge in [-0.1, -0.05) is 30.3 Å². The number of hydrogen-bond donors (Lipinski definition) is 1. The predicted octanol–water partition coefficient (Wildman–Crippen LogP) is 3.67. The zero-order valence-electron chi connectivity index (χ0n) is 15.2. The number of likely N-dealkylation sites (N-methyl/N-ethyl adjacent to an activating group) is 1. The number of benzene rings is 2. The standard InChI is InChI=1S/C20H24BrNO4/c1-14(19(23)15-7-5-4-6-8-15)22(2)20(24)16-9-10-18(17(21)13-16)26-12-11-25-3/h4-10,13-14,19,23H,11-12H2,1-3H3. The fourth-order valence-corrected chi connectivity index (χ4v) is 3.01. The minimum absolute atomic E-state index is 0.170. The van der Waals surface area contributed by atoms with Gasteiger partial charge in [-0.05, 0) is 46.6 Å². The number of aliphatic hydroxyl groups is 1. The van der Waals surface area contributed by atoms with Crippen molar-refractivity contribution in [3.63, 3.8) is 0 Å². The number of carbonyl (C=O) groups excluding carboxylic acids is 1. The lowest BCUT2D eigenvalue weighted by Gasteiger charge is -2.29. The molecule has 26 heavy (non-hydrogen) atoms. The molecule has 0 radical (unpaired) electrons. The molecule has 2 aromatic rings. The van der Waals surface area contributed by atoms with E-state index in [4.69, 9.17) is 9.47 Å². The van der Waals surface area contributed by atoms with Gasteiger partial charge in [-0.2, -0.15) is 0 Å². The summed E-state index contributed by atoms with van der Waals surface area (Å²) in [4.78, 5) is 14.3. The molecule has 2 rings (SSSR count). The first-order valence-electron chi connectivity index (χ1n) is 8.37. The summed E-state index contributed by atoms with van der Waals surface area (Å²) in [6.45, 7) is 2.75. The molecule has 0 saturated heterocycles. The molecule has 0 aliphatic rings. The molecule has 1 N–H and O–H groups in total. The second kappa shape index (κ2) is 9.71. The Morgan fingerprint density at radius 3 is 2.50 bits per heavy atom. The molecule has 0 fully saturated rings. The van der Waals surface area contributed by atoms with E-state index in [1.807, 2.05) is 37.3 Å². The third-order valence-corrected chi connectivity index (χ3v) is 4.87. The van der Waals surface area contributed by atoms with Crippen LogP contribution in [0.5, 0.6) is 5.75 Å². The summed E-state index contributed by atoms with van der Waals surface area (Å²) in [6.07, 6.45) is -0.759. The van der Waals surface area contributed by atoms with Gasteiger partial charge in [0.2, 0.25) is 0 Å². The zero-order valence-corrected chi connectivity index (χ0v) is 16.8. The van der Waals surface area contributed by atoms with E-state index in [1.165, 1.54) is 0 Å². The van der Waals surface area contributed by atoms with Crippen LogP contribution in [0.2, 0.25) is 0 Å². The zero-order chi connectivity index (χ0) is 19.1. The Hall–Kier alpha value is -1.89. The molecule has 0 aromatic heterocycles. The Kier molecular flexibility index (Phi) is 7.63. The average Bonchev–Trinajstić information content (AvgIpc) is 2.67. The summed E-state index contributed by atoms with van der Waals surface area (Å²) in [5, 5.41) is 10.5. The highest BCUT2D eigenvalue weighted by molar-refractivity contribution is 9.10. The summed E-state index contributed by atoms with van der Waals surface area (Å²) in [5.41, 5.74) is 1.30. The largest absolute Gasteiger partial charge is 0.490 e. The SMILES string of the molecule is COCCOc1ccc(C(=O)N(C)C(C)C(O)c2ccccc2)cc1Br. The van der Waals surface area contributed by atoms with Gasteiger partial charge in [0.25, 0.3) is 5.91 Å². The molecule has 0 aliphatic carbocycles. The number of rotatable bonds is 8. The summed E-state index contributed by atoms with van der Waals surface area (Å²) in [6, 6.07) is 14.1. The van der Waals surface area contributed by atoms with Gasteiger partial charge in [-0.15, -0.1) is 0 Å². The maximum absolute atomic E-state index is 12.8. The molecule has 0 saturated carbocycles. The third kappa shape index (κ3) is 5.06. The Balaban J connectivity index is 2.08. The van der Waals surface area contributed by atoms with Crippen molar-refractivity contribution in [2.24, 2.45) is 0 Å². The monoisotopic (exact) mass is 421 g/mol. The number of carbonyl (C=O) groups is 1. The highest BCUT2D eigenvalue weighted by Gasteiger charge is 2.25. The first kappa shape index (κ1) is 20.4. The summed E-state index contributed by atoms with van der Waals surface area (Å²) in [5.74, 6) is 0.482. The maximum atomic E-state index is 12.8. The second-order valence-electron chi connectivity index (χ2n) is 6.00. The van der Waals surface area contributed by atoms with Crippen LogP contribution in [-0.2, 0) is 4.74 Å². The molecule has 0 spiro atoms. The molecule has 5 nitrogen and oxygen atoms in total. The van der Waals surface area contributed by atoms with Crippen LogP contribution in [0.25, 0.3) is 0 Å². The van der Waals surface area contributed by atoms with Crippen LogP contribution in [0.3, 0.4) is 0 Å². The van der Waals surface area contributed by atoms with Gasteiger partial charge in [0.1, 0.15) is 12.4 Å². The molecule has 0 aliphatic heterocycles. The molecule has 1 amide bonds. The molecule has 0 heterocycles. The van der Waals surface area contributed by atoms with Crippen LogP contribution in [0, 0.1) is 0 Å². The van der Waals surface area contributed by atoms with E-state index < -0.39 is 6.10 Å². The molecule has 140 valence electrons. The average molecular weight is 422 g/mol. The molecular weight excluding hydrogens is 398 g/mol. The van der Waals surface area contributed by atoms with Crippen molar-refractivity contribution < 1.29 is 19.4 Å². The van der Waals surface area contributed by atoms with Crippen LogP contribution >= 0.6 is 15.9 Å². The number of methoxy groups -OCH3 is 1. The quantitative estimate of drug-likeness (QED) is 0.660. The fourth-order valence-electron chi connectivity index (χ4n) is 2.52. The van der Waals surface area contributed by atoms with E-state index in [0.717, 1.165) is 5.56 Å². The Morgan fingerprint density at radius 1 is 1.19 bits per heavy atom. The van der Waals surface area contributed by atoms with E-state index in [1.54, 1.807) is 37.3 Å². The second-order valence-corrected chi connectivity index (χ2v) is 6.85. The van der Waals surface area contributed by atoms with E-state index in [0.29, 0.717) is 29.0 Å². The number of halogens is 1. The minimum atomic E-state index is -0.759. The molecule has 2 unspecified atom stereocenters. The highest BCUT2D eigenvalue weighted by atomic mass is 79.9. The van der Waals surface area contributed by atoms with E-state index in [2.05, 4.69) is 15.9 Å². The van der Waals surface area contributed by atoms with Crippen LogP contribution in [0.4, 0.5) is 0 Å². The normalized spacial score (nSPS) is 13.1. The molecular formula is C20H24BrNO4. The van der Waals surface area contributed by atoms with Crippen molar-refractivity contribution in [3.05, 3.63) is 64.1 Å². The van der Waals surface area contributed by atoms with Crippen LogP contribution in [0.1, 0.15) is 28.9 Å². The van der Waals surface area contributed by atoms with Crippen molar-refractivity contribution in [3.8, 4) is 5.75 Å². The summed E-state index contributed by atoms with van der Waals surface area (Å²) >= 11 is 3.43. The number of nitrogens with zero attached hydrogens (tertiary/aromatic N) is 1. The van der Waals surface area contributed by atoms with Gasteiger partial charge >= 0.3 is 0 Å². The van der Waals surface area contributed by atoms with Crippen molar-refractivity contribution >= 4 is 21.8 Å². The van der Waals surface area contributed by atoms with E-state index >= 15 is 0 Å². The van der Waals surface area contributed by atoms with Crippen LogP contribution in [-0.4, -0.2) is 49.3 Å². The van der Waals surface area contributed by atoms with Gasteiger partial charge in [0, 0.05) is 19.7 Å². The molecule has 2 aromatic carbocycles. The first-order valence-corrected chi connectivity index (χ1v) is 9.16. The molecule has 0 bridgehead atoms. The topological polar surface area (TPSA) is 59.0 Å². The minimum Gasteiger partial charge on any atom is -0.490 e. The van der Waals surface area contributed by atoms with Crippen LogP contribution < -0.4 is 4.74 Å². The lowest BCUT2D eigenvalue weighted by molar-refractivity contribution is 0.0487. The van der Waals surface area contributed by atoms with Gasteiger partial charge in [0.15, 0.2) is 0 Å². The van der Waals surface area contributed by atoms with Gasteiger partial charge in [0.05, 0.1) is 23.2 Å². The van der Waals surface area contributed by atoms with Gasteiger partial charge in [-0.25, -0.2) is 0 Å². The van der Waals surface area contributed by atoms with Crippen molar-refractivity contribution in [1.29, 1.82) is 0 Å². The third-order valence-electron chi connectivity index (χ3n) is 4.25. The Bertz CT molecular complexity index is 723. The maximum Gasteiger partial charge on any atom is 0.253 e. The predicted molar refractivity (Wildman–Crippen MR) is 104 cm³/mol. The summed E-state index contributed by atoms with van der Waals surface area (Å²) < 4.78 is 11.2. The first-order chi connectivity index (χ1) is 12.5. The Morgan fingerprint density at radius 2 is 1.88 bits per heavy atom. The Labute approximate surface area is 162 Å². The molecule has 2 atom stereocenters. The lowest BCUT2D eigenvalue weighted by Crippen LogP contribution is -2.39. The smallest absolute Gasteiger partial charge is 0.253 e. The molecule has 6 heteroatoms. The number of hydrogen-bond acceptors (Lipinski definition) is 4. The van der Waals surface area contributed by atoms with Crippen molar-refractivity contribution in [2.75, 3.05) is 27.4 Å². The highest BCUT2D eigenvalue weighted by Crippen LogP contribution is 2.27. The van der Waals surface area contributed by atoms with Crippen LogP contribution in [0.15, 0.2) is 53.0 Å². The number of aliphatic hydroxyl groups excluding tert-OH is 1. The number of amides is 1. The lowest BCUT2D eigenvalue weighted by atomic mass is 10.0. The number of ether oxygens (including phenoxy) is 2. The van der Waals surface area contributed by atoms with Crippen molar-refractivity contribution in [2.45, 2.75) is 19.1 Å². The van der Waals surface area contributed by atoms with Gasteiger partial charge < -0.3 is 19.5 Å². The fraction of sp³-hybridized carbons (Fsp3) is 0.350.